The van der Waals surface area contributed by atoms with Crippen molar-refractivity contribution in [3.05, 3.63) is 162 Å². The number of nitrogens with one attached hydrogen (secondary N) is 3. The van der Waals surface area contributed by atoms with E-state index in [1.165, 1.54) is 52.9 Å². The van der Waals surface area contributed by atoms with E-state index >= 15 is 0 Å². The molecule has 3 saturated heterocycles. The van der Waals surface area contributed by atoms with Gasteiger partial charge in [0, 0.05) is 143 Å². The van der Waals surface area contributed by atoms with Crippen LogP contribution in [0.5, 0.6) is 34.5 Å². The molecule has 0 unspecified atom stereocenters. The molecule has 0 spiro atoms. The van der Waals surface area contributed by atoms with Gasteiger partial charge in [-0.05, 0) is 110 Å². The SMILES string of the molecule is C=CC(=O)C[C@H]1CCOC[C@H]1Nc1cc2cnc(-c3c(Cl)c(OC)cc(OC)c3C3CC3)cc2cn1.C=CC(=O)C[C@H]1CCOC[C@H]1Nc1cc2cnc(-c3c(Cl)c(OC)cc(OC)c3Cl)cc2cn1.C=CC(=O)C[C@H]1CCOC[C@H]1Nc1cc2cnc(-c3c(F)c(OC)cc(OC)c3F)cc2cn1. The summed E-state index contributed by atoms with van der Waals surface area (Å²) >= 11 is 19.9. The number of hydrogen-bond donors (Lipinski definition) is 3. The Morgan fingerprint density at radius 3 is 1.06 bits per heavy atom. The Labute approximate surface area is 616 Å². The molecule has 0 amide bonds. The number of allylic oxidation sites excluding steroid dienone is 3. The van der Waals surface area contributed by atoms with E-state index in [0.29, 0.717) is 125 Å². The van der Waals surface area contributed by atoms with Gasteiger partial charge in [-0.2, -0.15) is 0 Å². The predicted molar refractivity (Wildman–Crippen MR) is 400 cm³/mol. The van der Waals surface area contributed by atoms with Crippen LogP contribution in [0.3, 0.4) is 0 Å². The molecule has 1 saturated carbocycles. The van der Waals surface area contributed by atoms with Crippen molar-refractivity contribution in [2.24, 2.45) is 17.8 Å². The first-order chi connectivity index (χ1) is 50.4. The number of hydrogen-bond acceptors (Lipinski definition) is 21. The third kappa shape index (κ3) is 17.4. The molecule has 544 valence electrons. The number of methoxy groups -OCH3 is 6. The van der Waals surface area contributed by atoms with Crippen molar-refractivity contribution >= 4 is 102 Å². The fourth-order valence-electron chi connectivity index (χ4n) is 13.1. The van der Waals surface area contributed by atoms with E-state index in [0.717, 1.165) is 93.5 Å². The molecule has 3 aromatic carbocycles. The molecule has 6 aromatic heterocycles. The number of pyridine rings is 6. The third-order valence-electron chi connectivity index (χ3n) is 19.0. The highest BCUT2D eigenvalue weighted by molar-refractivity contribution is 6.41. The average molecular weight is 1480 g/mol. The Balaban J connectivity index is 0.000000156. The molecule has 0 bridgehead atoms. The van der Waals surface area contributed by atoms with E-state index in [1.54, 1.807) is 51.0 Å². The zero-order chi connectivity index (χ0) is 73.7. The van der Waals surface area contributed by atoms with Gasteiger partial charge in [0.15, 0.2) is 40.5 Å². The van der Waals surface area contributed by atoms with Crippen LogP contribution in [0.4, 0.5) is 26.2 Å². The molecule has 9 heterocycles. The van der Waals surface area contributed by atoms with Crippen molar-refractivity contribution in [3.63, 3.8) is 0 Å². The second-order valence-electron chi connectivity index (χ2n) is 25.4. The van der Waals surface area contributed by atoms with Crippen LogP contribution in [0.25, 0.3) is 66.1 Å². The number of ether oxygens (including phenoxy) is 9. The minimum absolute atomic E-state index is 0.00369. The fourth-order valence-corrected chi connectivity index (χ4v) is 14.1. The molecule has 0 radical (unpaired) electrons. The second kappa shape index (κ2) is 34.8. The van der Waals surface area contributed by atoms with Crippen molar-refractivity contribution in [1.82, 2.24) is 29.9 Å². The molecular formula is C78H80Cl3F2N9O12. The summed E-state index contributed by atoms with van der Waals surface area (Å²) in [6.45, 7) is 14.1. The topological polar surface area (TPSA) is 248 Å². The summed E-state index contributed by atoms with van der Waals surface area (Å²) in [5.74, 6) is 3.12. The summed E-state index contributed by atoms with van der Waals surface area (Å²) in [4.78, 5) is 63.0. The molecule has 13 rings (SSSR count). The Kier molecular flexibility index (Phi) is 25.3. The summed E-state index contributed by atoms with van der Waals surface area (Å²) in [5.41, 5.74) is 3.55. The Hall–Kier alpha value is -9.62. The van der Waals surface area contributed by atoms with Gasteiger partial charge in [-0.25, -0.2) is 23.7 Å². The monoisotopic (exact) mass is 1480 g/mol. The van der Waals surface area contributed by atoms with Gasteiger partial charge in [-0.15, -0.1) is 0 Å². The van der Waals surface area contributed by atoms with Crippen molar-refractivity contribution < 1.29 is 65.8 Å². The normalized spacial score (nSPS) is 18.5. The standard InChI is InChI=1S/C28H30ClN3O4.C25H25Cl2N3O4.C25H25F2N3O4/c1-4-20(33)9-17-7-8-36-15-22(17)32-25-11-19-13-30-21(10-18(19)14-31-25)27-26(16-5-6-16)23(34-2)12-24(35-3)28(27)29;2*1-4-17(31)7-14-5-6-34-13-19(14)30-22-9-16-11-28-18(8-15(16)12-29-22)23-24(26)20(32-2)10-21(33-3)25(23)27/h4,10-14,16-17,22H,1,5-9,15H2,2-3H3,(H,31,32);2*4,8-12,14,19H,1,5-7,13H2,2-3H3,(H,29,30)/t17-,22-;2*14-,19-/m111/s1. The number of aromatic nitrogens is 6. The van der Waals surface area contributed by atoms with Crippen molar-refractivity contribution in [3.8, 4) is 68.3 Å². The highest BCUT2D eigenvalue weighted by Gasteiger charge is 2.35. The third-order valence-corrected chi connectivity index (χ3v) is 20.1. The Morgan fingerprint density at radius 1 is 0.423 bits per heavy atom. The molecule has 6 atom stereocenters. The largest absolute Gasteiger partial charge is 0.496 e. The highest BCUT2D eigenvalue weighted by atomic mass is 35.5. The minimum Gasteiger partial charge on any atom is -0.496 e. The molecule has 21 nitrogen and oxygen atoms in total. The van der Waals surface area contributed by atoms with Crippen molar-refractivity contribution in [2.45, 2.75) is 75.4 Å². The van der Waals surface area contributed by atoms with Gasteiger partial charge in [0.1, 0.15) is 40.5 Å². The van der Waals surface area contributed by atoms with Crippen LogP contribution in [-0.4, -0.2) is 148 Å². The van der Waals surface area contributed by atoms with Crippen LogP contribution in [0.1, 0.15) is 62.8 Å². The lowest BCUT2D eigenvalue weighted by atomic mass is 9.89. The Bertz CT molecular complexity index is 4460. The molecule has 3 aliphatic heterocycles. The van der Waals surface area contributed by atoms with E-state index in [2.05, 4.69) is 60.6 Å². The van der Waals surface area contributed by atoms with Gasteiger partial charge >= 0.3 is 0 Å². The van der Waals surface area contributed by atoms with Crippen LogP contribution >= 0.6 is 34.8 Å². The lowest BCUT2D eigenvalue weighted by Crippen LogP contribution is -2.39. The number of halogens is 5. The first kappa shape index (κ1) is 75.5. The maximum Gasteiger partial charge on any atom is 0.177 e. The maximum absolute atomic E-state index is 14.9. The smallest absolute Gasteiger partial charge is 0.177 e. The van der Waals surface area contributed by atoms with Gasteiger partial charge in [0.05, 0.1) is 118 Å². The molecule has 3 N–H and O–H groups in total. The average Bonchev–Trinajstić information content (AvgIpc) is 1.40. The van der Waals surface area contributed by atoms with E-state index in [1.807, 2.05) is 42.7 Å². The first-order valence-corrected chi connectivity index (χ1v) is 35.0. The quantitative estimate of drug-likeness (QED) is 0.0450. The van der Waals surface area contributed by atoms with Crippen LogP contribution in [0.15, 0.2) is 130 Å². The van der Waals surface area contributed by atoms with Crippen LogP contribution in [-0.2, 0) is 28.6 Å². The van der Waals surface area contributed by atoms with E-state index in [9.17, 15) is 23.2 Å². The molecule has 4 aliphatic rings. The number of fused-ring (bicyclic) bond motifs is 3. The number of rotatable bonds is 25. The summed E-state index contributed by atoms with van der Waals surface area (Å²) in [5, 5.41) is 16.5. The minimum atomic E-state index is -0.865. The van der Waals surface area contributed by atoms with Crippen molar-refractivity contribution in [2.75, 3.05) is 98.3 Å². The van der Waals surface area contributed by atoms with Gasteiger partial charge in [-0.1, -0.05) is 54.5 Å². The van der Waals surface area contributed by atoms with E-state index in [-0.39, 0.29) is 76.0 Å². The van der Waals surface area contributed by atoms with E-state index < -0.39 is 11.6 Å². The zero-order valence-electron chi connectivity index (χ0n) is 58.4. The number of carbonyl (C=O) groups is 3. The second-order valence-corrected chi connectivity index (χ2v) is 26.6. The van der Waals surface area contributed by atoms with Gasteiger partial charge in [0.2, 0.25) is 0 Å². The summed E-state index contributed by atoms with van der Waals surface area (Å²) in [6.07, 6.45) is 20.3. The Morgan fingerprint density at radius 2 is 0.721 bits per heavy atom. The number of nitrogens with zero attached hydrogens (tertiary/aromatic N) is 6. The molecule has 4 fully saturated rings. The van der Waals surface area contributed by atoms with Gasteiger partial charge < -0.3 is 58.6 Å². The van der Waals surface area contributed by atoms with Crippen LogP contribution in [0, 0.1) is 29.4 Å². The summed E-state index contributed by atoms with van der Waals surface area (Å²) in [7, 11) is 8.91. The number of benzene rings is 3. The van der Waals surface area contributed by atoms with Gasteiger partial charge in [0.25, 0.3) is 0 Å². The predicted octanol–water partition coefficient (Wildman–Crippen LogP) is 15.9. The highest BCUT2D eigenvalue weighted by Crippen LogP contribution is 2.54. The number of ketones is 3. The maximum atomic E-state index is 14.9. The van der Waals surface area contributed by atoms with Gasteiger partial charge in [-0.3, -0.25) is 29.3 Å². The zero-order valence-corrected chi connectivity index (χ0v) is 60.7. The van der Waals surface area contributed by atoms with Crippen LogP contribution < -0.4 is 44.4 Å². The molecule has 104 heavy (non-hydrogen) atoms. The summed E-state index contributed by atoms with van der Waals surface area (Å²) < 4.78 is 78.6. The fraction of sp³-hybridized carbons (Fsp3) is 0.346. The molecule has 1 aliphatic carbocycles. The number of carbonyl (C=O) groups excluding carboxylic acids is 3. The van der Waals surface area contributed by atoms with Crippen LogP contribution in [0.2, 0.25) is 15.1 Å². The number of anilines is 3. The first-order valence-electron chi connectivity index (χ1n) is 33.8. The molecular weight excluding hydrogens is 1400 g/mol. The molecule has 26 heteroatoms. The summed E-state index contributed by atoms with van der Waals surface area (Å²) in [6, 6.07) is 15.7. The lowest BCUT2D eigenvalue weighted by Gasteiger charge is -2.32. The van der Waals surface area contributed by atoms with Crippen molar-refractivity contribution in [1.29, 1.82) is 0 Å². The lowest BCUT2D eigenvalue weighted by molar-refractivity contribution is -0.117. The molecule has 9 aromatic rings. The van der Waals surface area contributed by atoms with E-state index in [4.69, 9.17) is 82.4 Å².